The number of aryl methyl sites for hydroxylation is 2. The molecule has 0 aliphatic rings. The molecular weight excluding hydrogens is 246 g/mol. The minimum absolute atomic E-state index is 0. The van der Waals surface area contributed by atoms with Crippen molar-refractivity contribution in [2.24, 2.45) is 0 Å². The molecule has 5 heteroatoms. The van der Waals surface area contributed by atoms with Crippen LogP contribution in [0.5, 0.6) is 0 Å². The first-order valence-corrected chi connectivity index (χ1v) is 4.90. The Morgan fingerprint density at radius 2 is 1.77 bits per heavy atom. The minimum atomic E-state index is -4.05. The normalized spacial score (nSPS) is 10.7. The Morgan fingerprint density at radius 1 is 1.23 bits per heavy atom. The first-order chi connectivity index (χ1) is 5.41. The summed E-state index contributed by atoms with van der Waals surface area (Å²) in [5.41, 5.74) is 1.54. The van der Waals surface area contributed by atoms with Crippen LogP contribution in [0.15, 0.2) is 23.1 Å². The standard InChI is InChI=1S/C8H10O3S.Ga.3H/c1-6-3-4-8(7(2)5-6)12(9,10)11;;;;/h3-5H,1-2H3,(H,9,10,11);;;;. The van der Waals surface area contributed by atoms with Gasteiger partial charge in [0.05, 0.1) is 4.90 Å². The molecule has 72 valence electrons. The average molecular weight is 259 g/mol. The second-order valence-corrected chi connectivity index (χ2v) is 4.13. The third kappa shape index (κ3) is 3.19. The number of hydrogen-bond donors (Lipinski definition) is 1. The van der Waals surface area contributed by atoms with E-state index in [1.807, 2.05) is 6.92 Å². The second kappa shape index (κ2) is 4.32. The van der Waals surface area contributed by atoms with Gasteiger partial charge in [-0.25, -0.2) is 0 Å². The van der Waals surface area contributed by atoms with E-state index in [4.69, 9.17) is 4.55 Å². The van der Waals surface area contributed by atoms with Gasteiger partial charge in [0.2, 0.25) is 0 Å². The van der Waals surface area contributed by atoms with E-state index in [2.05, 4.69) is 0 Å². The van der Waals surface area contributed by atoms with Gasteiger partial charge in [-0.2, -0.15) is 8.42 Å². The van der Waals surface area contributed by atoms with Crippen LogP contribution in [0.4, 0.5) is 0 Å². The van der Waals surface area contributed by atoms with E-state index in [9.17, 15) is 8.42 Å². The predicted octanol–water partition coefficient (Wildman–Crippen LogP) is 0.366. The maximum atomic E-state index is 10.7. The summed E-state index contributed by atoms with van der Waals surface area (Å²) < 4.78 is 30.2. The summed E-state index contributed by atoms with van der Waals surface area (Å²) in [6, 6.07) is 4.76. The van der Waals surface area contributed by atoms with Gasteiger partial charge in [0.25, 0.3) is 10.1 Å². The Kier molecular flexibility index (Phi) is 4.24. The Balaban J connectivity index is 0.00000144. The summed E-state index contributed by atoms with van der Waals surface area (Å²) in [5.74, 6) is 0. The zero-order chi connectivity index (χ0) is 9.35. The van der Waals surface area contributed by atoms with Crippen LogP contribution in [0.1, 0.15) is 11.1 Å². The molecule has 0 atom stereocenters. The molecule has 13 heavy (non-hydrogen) atoms. The van der Waals surface area contributed by atoms with Crippen molar-refractivity contribution in [3.63, 3.8) is 0 Å². The molecule has 0 aliphatic carbocycles. The zero-order valence-electron chi connectivity index (χ0n) is 6.90. The Hall–Kier alpha value is -0.234. The van der Waals surface area contributed by atoms with Crippen LogP contribution < -0.4 is 0 Å². The molecule has 0 fully saturated rings. The van der Waals surface area contributed by atoms with Gasteiger partial charge in [0, 0.05) is 0 Å². The van der Waals surface area contributed by atoms with E-state index < -0.39 is 10.1 Å². The van der Waals surface area contributed by atoms with E-state index in [-0.39, 0.29) is 24.7 Å². The fourth-order valence-electron chi connectivity index (χ4n) is 1.09. The van der Waals surface area contributed by atoms with E-state index in [0.29, 0.717) is 5.56 Å². The zero-order valence-corrected chi connectivity index (χ0v) is 7.72. The van der Waals surface area contributed by atoms with Crippen LogP contribution in [0.3, 0.4) is 0 Å². The molecule has 1 aromatic carbocycles. The molecule has 0 heterocycles. The summed E-state index contributed by atoms with van der Waals surface area (Å²) >= 11 is 0. The summed E-state index contributed by atoms with van der Waals surface area (Å²) in [7, 11) is -4.05. The summed E-state index contributed by atoms with van der Waals surface area (Å²) in [4.78, 5) is -0.0203. The van der Waals surface area contributed by atoms with Gasteiger partial charge < -0.3 is 0 Å². The molecule has 0 spiro atoms. The first kappa shape index (κ1) is 12.8. The van der Waals surface area contributed by atoms with Crippen LogP contribution in [0.2, 0.25) is 0 Å². The molecule has 1 aromatic rings. The molecule has 0 radical (unpaired) electrons. The van der Waals surface area contributed by atoms with Crippen molar-refractivity contribution in [2.75, 3.05) is 0 Å². The topological polar surface area (TPSA) is 54.4 Å². The van der Waals surface area contributed by atoms with E-state index in [1.54, 1.807) is 19.1 Å². The molecular formula is C8H13GaO3S. The van der Waals surface area contributed by atoms with Crippen molar-refractivity contribution < 1.29 is 13.0 Å². The molecule has 0 saturated carbocycles. The van der Waals surface area contributed by atoms with Crippen molar-refractivity contribution in [1.82, 2.24) is 0 Å². The summed E-state index contributed by atoms with van der Waals surface area (Å²) in [5, 5.41) is 0. The Labute approximate surface area is 91.0 Å². The van der Waals surface area contributed by atoms with Gasteiger partial charge in [0.1, 0.15) is 0 Å². The van der Waals surface area contributed by atoms with Crippen molar-refractivity contribution in [1.29, 1.82) is 0 Å². The first-order valence-electron chi connectivity index (χ1n) is 3.46. The van der Waals surface area contributed by atoms with Crippen molar-refractivity contribution in [3.8, 4) is 0 Å². The fraction of sp³-hybridized carbons (Fsp3) is 0.250. The van der Waals surface area contributed by atoms with Crippen LogP contribution in [-0.4, -0.2) is 32.8 Å². The van der Waals surface area contributed by atoms with E-state index >= 15 is 0 Å². The molecule has 1 N–H and O–H groups in total. The Morgan fingerprint density at radius 3 is 2.15 bits per heavy atom. The summed E-state index contributed by atoms with van der Waals surface area (Å²) in [6.07, 6.45) is 0. The second-order valence-electron chi connectivity index (χ2n) is 2.74. The van der Waals surface area contributed by atoms with Crippen molar-refractivity contribution in [2.45, 2.75) is 18.7 Å². The molecule has 0 aromatic heterocycles. The summed E-state index contributed by atoms with van der Waals surface area (Å²) in [6.45, 7) is 3.51. The van der Waals surface area contributed by atoms with Gasteiger partial charge in [-0.05, 0) is 25.5 Å². The fourth-order valence-corrected chi connectivity index (χ4v) is 1.79. The third-order valence-electron chi connectivity index (χ3n) is 1.61. The van der Waals surface area contributed by atoms with Crippen LogP contribution in [-0.2, 0) is 10.1 Å². The van der Waals surface area contributed by atoms with Crippen LogP contribution >= 0.6 is 0 Å². The molecule has 0 amide bonds. The number of hydrogen-bond acceptors (Lipinski definition) is 2. The van der Waals surface area contributed by atoms with Gasteiger partial charge in [-0.15, -0.1) is 0 Å². The monoisotopic (exact) mass is 258 g/mol. The molecule has 0 saturated heterocycles. The quantitative estimate of drug-likeness (QED) is 0.585. The number of rotatable bonds is 1. The van der Waals surface area contributed by atoms with Gasteiger partial charge in [0.15, 0.2) is 0 Å². The van der Waals surface area contributed by atoms with Crippen molar-refractivity contribution >= 4 is 29.9 Å². The predicted molar refractivity (Wildman–Crippen MR) is 55.7 cm³/mol. The SMILES string of the molecule is Cc1ccc(S(=O)(=O)O)c(C)c1.[GaH3]. The van der Waals surface area contributed by atoms with Crippen LogP contribution in [0, 0.1) is 13.8 Å². The van der Waals surface area contributed by atoms with Crippen molar-refractivity contribution in [3.05, 3.63) is 29.3 Å². The van der Waals surface area contributed by atoms with E-state index in [0.717, 1.165) is 5.56 Å². The molecule has 0 unspecified atom stereocenters. The van der Waals surface area contributed by atoms with Gasteiger partial charge in [-0.3, -0.25) is 4.55 Å². The molecule has 3 nitrogen and oxygen atoms in total. The molecule has 1 rings (SSSR count). The van der Waals surface area contributed by atoms with Crippen LogP contribution in [0.25, 0.3) is 0 Å². The third-order valence-corrected chi connectivity index (χ3v) is 2.62. The van der Waals surface area contributed by atoms with E-state index in [1.165, 1.54) is 6.07 Å². The number of benzene rings is 1. The Bertz CT molecular complexity index is 398. The maximum absolute atomic E-state index is 10.7. The van der Waals surface area contributed by atoms with Gasteiger partial charge >= 0.3 is 19.8 Å². The molecule has 0 aliphatic heterocycles. The molecule has 0 bridgehead atoms. The van der Waals surface area contributed by atoms with Gasteiger partial charge in [-0.1, -0.05) is 17.7 Å². The average Bonchev–Trinajstić information content (AvgIpc) is 1.83.